The molecule has 37 heavy (non-hydrogen) atoms. The van der Waals surface area contributed by atoms with Gasteiger partial charge in [-0.05, 0) is 110 Å². The molecule has 1 heterocycles. The number of benzene rings is 1. The van der Waals surface area contributed by atoms with E-state index < -0.39 is 0 Å². The highest BCUT2D eigenvalue weighted by Gasteiger charge is 2.65. The average molecular weight is 511 g/mol. The summed E-state index contributed by atoms with van der Waals surface area (Å²) in [7, 11) is 1.68. The van der Waals surface area contributed by atoms with Gasteiger partial charge >= 0.3 is 0 Å². The summed E-state index contributed by atoms with van der Waals surface area (Å²) in [5.41, 5.74) is 1.95. The Labute approximate surface area is 221 Å². The molecule has 0 radical (unpaired) electrons. The predicted octanol–water partition coefficient (Wildman–Crippen LogP) is 5.10. The highest BCUT2D eigenvalue weighted by molar-refractivity contribution is 5.76. The van der Waals surface area contributed by atoms with E-state index in [0.29, 0.717) is 29.6 Å². The van der Waals surface area contributed by atoms with E-state index in [4.69, 9.17) is 9.72 Å². The van der Waals surface area contributed by atoms with Crippen LogP contribution in [0, 0.1) is 46.3 Å². The Morgan fingerprint density at radius 1 is 1.08 bits per heavy atom. The number of hydrogen-bond donors (Lipinski definition) is 4. The average Bonchev–Trinajstić information content (AvgIpc) is 3.45. The van der Waals surface area contributed by atoms with Crippen LogP contribution in [0.2, 0.25) is 0 Å². The number of nitrogens with one attached hydrogen (secondary N) is 1. The maximum Gasteiger partial charge on any atom is 0.121 e. The van der Waals surface area contributed by atoms with Crippen molar-refractivity contribution in [3.8, 4) is 5.75 Å². The van der Waals surface area contributed by atoms with E-state index in [1.54, 1.807) is 7.11 Å². The van der Waals surface area contributed by atoms with Gasteiger partial charge in [-0.1, -0.05) is 20.8 Å². The number of aromatic nitrogens is 2. The standard InChI is InChI=1S/C31H46N2O4/c1-17(5-10-28-32-24-9-6-20(37-4)15-25(24)33-28)21-7-8-22-29-23(16-27(36)31(21,22)3)30(2)12-11-19(34)13-18(30)14-26(29)35/h6,9,15,17-19,21-23,26-27,29,34-36H,5,7-8,10-14,16H2,1-4H3,(H,32,33)/t17?,18-,19+,21+,22-,23-,26+,27-,29-,30-,31+/m0/s1. The molecule has 4 aliphatic rings. The van der Waals surface area contributed by atoms with Gasteiger partial charge in [0.05, 0.1) is 36.5 Å². The molecule has 0 bridgehead atoms. The minimum Gasteiger partial charge on any atom is -0.497 e. The van der Waals surface area contributed by atoms with E-state index in [0.717, 1.165) is 80.4 Å². The van der Waals surface area contributed by atoms with Crippen LogP contribution < -0.4 is 4.74 Å². The van der Waals surface area contributed by atoms with Crippen LogP contribution in [0.25, 0.3) is 11.0 Å². The third kappa shape index (κ3) is 3.96. The van der Waals surface area contributed by atoms with Gasteiger partial charge in [0.2, 0.25) is 0 Å². The summed E-state index contributed by atoms with van der Waals surface area (Å²) in [6.07, 6.45) is 7.59. The molecule has 0 aliphatic heterocycles. The van der Waals surface area contributed by atoms with Gasteiger partial charge in [0.1, 0.15) is 11.6 Å². The van der Waals surface area contributed by atoms with Crippen molar-refractivity contribution < 1.29 is 20.1 Å². The summed E-state index contributed by atoms with van der Waals surface area (Å²) in [6, 6.07) is 5.95. The molecule has 6 rings (SSSR count). The second-order valence-electron chi connectivity index (χ2n) is 13.6. The van der Waals surface area contributed by atoms with Gasteiger partial charge in [-0.25, -0.2) is 4.98 Å². The van der Waals surface area contributed by atoms with Gasteiger partial charge in [-0.15, -0.1) is 0 Å². The van der Waals surface area contributed by atoms with Crippen molar-refractivity contribution in [2.24, 2.45) is 46.3 Å². The highest BCUT2D eigenvalue weighted by Crippen LogP contribution is 2.68. The van der Waals surface area contributed by atoms with Crippen molar-refractivity contribution >= 4 is 11.0 Å². The molecular weight excluding hydrogens is 464 g/mol. The molecule has 2 aromatic rings. The molecular formula is C31H46N2O4. The number of hydrogen-bond acceptors (Lipinski definition) is 5. The number of methoxy groups -OCH3 is 1. The van der Waals surface area contributed by atoms with E-state index in [-0.39, 0.29) is 35.1 Å². The van der Waals surface area contributed by atoms with E-state index in [1.807, 2.05) is 18.2 Å². The molecule has 204 valence electrons. The zero-order valence-electron chi connectivity index (χ0n) is 23.0. The first kappa shape index (κ1) is 25.6. The van der Waals surface area contributed by atoms with Gasteiger partial charge in [0.25, 0.3) is 0 Å². The first-order valence-electron chi connectivity index (χ1n) is 14.7. The predicted molar refractivity (Wildman–Crippen MR) is 144 cm³/mol. The third-order valence-electron chi connectivity index (χ3n) is 12.1. The Hall–Kier alpha value is -1.63. The number of fused-ring (bicyclic) bond motifs is 6. The first-order chi connectivity index (χ1) is 17.6. The zero-order valence-corrected chi connectivity index (χ0v) is 23.0. The molecule has 6 nitrogen and oxygen atoms in total. The molecule has 4 saturated carbocycles. The molecule has 0 amide bonds. The van der Waals surface area contributed by atoms with Crippen LogP contribution in [0.1, 0.15) is 78.0 Å². The summed E-state index contributed by atoms with van der Waals surface area (Å²) < 4.78 is 5.35. The van der Waals surface area contributed by atoms with Gasteiger partial charge in [0, 0.05) is 12.5 Å². The Bertz CT molecular complexity index is 1130. The first-order valence-corrected chi connectivity index (χ1v) is 14.7. The fourth-order valence-corrected chi connectivity index (χ4v) is 9.98. The summed E-state index contributed by atoms with van der Waals surface area (Å²) >= 11 is 0. The van der Waals surface area contributed by atoms with Gasteiger partial charge in [-0.2, -0.15) is 0 Å². The lowest BCUT2D eigenvalue weighted by atomic mass is 9.43. The minimum absolute atomic E-state index is 0.124. The lowest BCUT2D eigenvalue weighted by molar-refractivity contribution is -0.207. The van der Waals surface area contributed by atoms with Crippen LogP contribution in [0.3, 0.4) is 0 Å². The molecule has 0 spiro atoms. The number of rotatable bonds is 5. The third-order valence-corrected chi connectivity index (χ3v) is 12.1. The Balaban J connectivity index is 1.19. The van der Waals surface area contributed by atoms with Crippen molar-refractivity contribution in [1.82, 2.24) is 9.97 Å². The number of aromatic amines is 1. The number of aliphatic hydroxyl groups is 3. The Kier molecular flexibility index (Phi) is 6.40. The molecule has 1 aromatic carbocycles. The second-order valence-corrected chi connectivity index (χ2v) is 13.6. The van der Waals surface area contributed by atoms with Crippen molar-refractivity contribution in [3.05, 3.63) is 24.0 Å². The SMILES string of the molecule is COc1ccc2nc(CCC(C)[C@H]3CC[C@H]4[C@@H]5[C@H](O)C[C@@H]6C[C@H](O)CC[C@]6(C)[C@H]5C[C@H](O)[C@]34C)[nH]c2c1. The summed E-state index contributed by atoms with van der Waals surface area (Å²) in [4.78, 5) is 8.28. The second kappa shape index (κ2) is 9.24. The van der Waals surface area contributed by atoms with Crippen molar-refractivity contribution in [2.45, 2.75) is 96.9 Å². The largest absolute Gasteiger partial charge is 0.497 e. The van der Waals surface area contributed by atoms with Gasteiger partial charge in [0.15, 0.2) is 0 Å². The van der Waals surface area contributed by atoms with E-state index in [9.17, 15) is 15.3 Å². The molecule has 1 unspecified atom stereocenters. The topological polar surface area (TPSA) is 98.6 Å². The smallest absolute Gasteiger partial charge is 0.121 e. The summed E-state index contributed by atoms with van der Waals surface area (Å²) in [5, 5.41) is 33.6. The van der Waals surface area contributed by atoms with Crippen LogP contribution in [0.4, 0.5) is 0 Å². The maximum absolute atomic E-state index is 11.8. The fraction of sp³-hybridized carbons (Fsp3) is 0.774. The number of ether oxygens (including phenoxy) is 1. The highest BCUT2D eigenvalue weighted by atomic mass is 16.5. The van der Waals surface area contributed by atoms with Gasteiger partial charge in [-0.3, -0.25) is 0 Å². The van der Waals surface area contributed by atoms with Crippen LogP contribution in [0.15, 0.2) is 18.2 Å². The normalized spacial score (nSPS) is 44.2. The molecule has 1 aromatic heterocycles. The Morgan fingerprint density at radius 2 is 1.89 bits per heavy atom. The number of H-pyrrole nitrogens is 1. The number of aliphatic hydroxyl groups excluding tert-OH is 3. The van der Waals surface area contributed by atoms with Crippen LogP contribution in [-0.4, -0.2) is 50.7 Å². The number of nitrogens with zero attached hydrogens (tertiary/aromatic N) is 1. The Morgan fingerprint density at radius 3 is 2.68 bits per heavy atom. The molecule has 0 saturated heterocycles. The molecule has 11 atom stereocenters. The lowest BCUT2D eigenvalue weighted by Gasteiger charge is -2.63. The number of aryl methyl sites for hydroxylation is 1. The lowest BCUT2D eigenvalue weighted by Crippen LogP contribution is -2.62. The van der Waals surface area contributed by atoms with E-state index in [1.165, 1.54) is 0 Å². The molecule has 4 fully saturated rings. The fourth-order valence-electron chi connectivity index (χ4n) is 9.98. The maximum atomic E-state index is 11.8. The molecule has 4 aliphatic carbocycles. The van der Waals surface area contributed by atoms with E-state index in [2.05, 4.69) is 25.8 Å². The van der Waals surface area contributed by atoms with Crippen molar-refractivity contribution in [3.63, 3.8) is 0 Å². The monoisotopic (exact) mass is 510 g/mol. The quantitative estimate of drug-likeness (QED) is 0.449. The van der Waals surface area contributed by atoms with E-state index >= 15 is 0 Å². The van der Waals surface area contributed by atoms with Gasteiger partial charge < -0.3 is 25.0 Å². The summed E-state index contributed by atoms with van der Waals surface area (Å²) in [6.45, 7) is 7.10. The van der Waals surface area contributed by atoms with Crippen LogP contribution >= 0.6 is 0 Å². The van der Waals surface area contributed by atoms with Crippen LogP contribution in [0.5, 0.6) is 5.75 Å². The molecule has 6 heteroatoms. The zero-order chi connectivity index (χ0) is 26.1. The molecule has 4 N–H and O–H groups in total. The van der Waals surface area contributed by atoms with Crippen molar-refractivity contribution in [1.29, 1.82) is 0 Å². The summed E-state index contributed by atoms with van der Waals surface area (Å²) in [5.74, 6) is 4.12. The van der Waals surface area contributed by atoms with Crippen LogP contribution in [-0.2, 0) is 6.42 Å². The van der Waals surface area contributed by atoms with Crippen molar-refractivity contribution in [2.75, 3.05) is 7.11 Å². The minimum atomic E-state index is -0.331. The number of imidazole rings is 1.